The maximum Gasteiger partial charge on any atom is 0.309 e. The van der Waals surface area contributed by atoms with Crippen LogP contribution in [0.25, 0.3) is 0 Å². The number of piperidine rings is 1. The number of hydrogen-bond acceptors (Lipinski definition) is 6. The van der Waals surface area contributed by atoms with Crippen LogP contribution in [0.3, 0.4) is 0 Å². The molecule has 39 heavy (non-hydrogen) atoms. The van der Waals surface area contributed by atoms with E-state index in [1.165, 1.54) is 0 Å². The van der Waals surface area contributed by atoms with E-state index in [4.69, 9.17) is 4.74 Å². The van der Waals surface area contributed by atoms with Crippen molar-refractivity contribution in [1.29, 1.82) is 0 Å². The summed E-state index contributed by atoms with van der Waals surface area (Å²) < 4.78 is 5.18. The summed E-state index contributed by atoms with van der Waals surface area (Å²) >= 11 is 0. The van der Waals surface area contributed by atoms with E-state index in [1.807, 2.05) is 61.5 Å². The lowest BCUT2D eigenvalue weighted by atomic mass is 9.97. The molecule has 2 heterocycles. The number of aliphatic imine (C=N–C) groups is 1. The van der Waals surface area contributed by atoms with Gasteiger partial charge in [-0.25, -0.2) is 4.99 Å². The minimum absolute atomic E-state index is 0.0803. The molecule has 8 heteroatoms. The molecule has 8 nitrogen and oxygen atoms in total. The number of para-hydroxylation sites is 1. The van der Waals surface area contributed by atoms with Gasteiger partial charge in [0, 0.05) is 30.8 Å². The predicted molar refractivity (Wildman–Crippen MR) is 150 cm³/mol. The van der Waals surface area contributed by atoms with Gasteiger partial charge in [0.15, 0.2) is 0 Å². The molecule has 0 radical (unpaired) electrons. The Labute approximate surface area is 228 Å². The molecule has 2 amide bonds. The lowest BCUT2D eigenvalue weighted by molar-refractivity contribution is -0.149. The third-order valence-corrected chi connectivity index (χ3v) is 7.11. The Bertz CT molecular complexity index is 1360. The number of nitrogens with zero attached hydrogens (tertiary/aromatic N) is 3. The summed E-state index contributed by atoms with van der Waals surface area (Å²) in [6.45, 7) is 4.53. The monoisotopic (exact) mass is 524 g/mol. The van der Waals surface area contributed by atoms with Gasteiger partial charge in [-0.05, 0) is 55.7 Å². The van der Waals surface area contributed by atoms with E-state index in [1.54, 1.807) is 29.2 Å². The summed E-state index contributed by atoms with van der Waals surface area (Å²) in [6, 6.07) is 24.3. The largest absolute Gasteiger partial charge is 0.466 e. The van der Waals surface area contributed by atoms with Crippen LogP contribution in [0.5, 0.6) is 0 Å². The van der Waals surface area contributed by atoms with Crippen molar-refractivity contribution in [2.75, 3.05) is 31.3 Å². The van der Waals surface area contributed by atoms with Crippen molar-refractivity contribution in [3.05, 3.63) is 95.6 Å². The van der Waals surface area contributed by atoms with E-state index in [0.29, 0.717) is 49.6 Å². The van der Waals surface area contributed by atoms with Gasteiger partial charge in [0.2, 0.25) is 0 Å². The number of esters is 1. The summed E-state index contributed by atoms with van der Waals surface area (Å²) in [5.41, 5.74) is 4.15. The van der Waals surface area contributed by atoms with Gasteiger partial charge in [0.1, 0.15) is 5.71 Å². The highest BCUT2D eigenvalue weighted by Gasteiger charge is 2.36. The Kier molecular flexibility index (Phi) is 8.13. The van der Waals surface area contributed by atoms with E-state index in [0.717, 1.165) is 29.9 Å². The van der Waals surface area contributed by atoms with Crippen molar-refractivity contribution >= 4 is 34.9 Å². The molecule has 0 saturated carbocycles. The summed E-state index contributed by atoms with van der Waals surface area (Å²) in [7, 11) is 0. The highest BCUT2D eigenvalue weighted by molar-refractivity contribution is 6.54. The second kappa shape index (κ2) is 12.0. The molecule has 2 aliphatic rings. The Morgan fingerprint density at radius 2 is 1.64 bits per heavy atom. The molecule has 1 saturated heterocycles. The number of amides is 2. The lowest BCUT2D eigenvalue weighted by Gasteiger charge is -2.33. The van der Waals surface area contributed by atoms with E-state index < -0.39 is 0 Å². The van der Waals surface area contributed by atoms with Crippen LogP contribution >= 0.6 is 0 Å². The average Bonchev–Trinajstić information content (AvgIpc) is 3.23. The van der Waals surface area contributed by atoms with Crippen molar-refractivity contribution in [3.63, 3.8) is 0 Å². The Hall–Kier alpha value is -4.30. The standard InChI is InChI=1S/C31H32N4O4/c1-2-39-31(38)24-16-18-34(19-17-24)21-35-27-11-7-6-10-26(27)28(30(35)37)33-25-14-12-23(13-15-25)29(36)32-20-22-8-4-3-5-9-22/h3-15,24H,2,16-21H2,1H3,(H,32,36). The van der Waals surface area contributed by atoms with Crippen LogP contribution < -0.4 is 10.2 Å². The molecule has 5 rings (SSSR count). The number of carbonyl (C=O) groups excluding carboxylic acids is 3. The van der Waals surface area contributed by atoms with Crippen LogP contribution in [0.2, 0.25) is 0 Å². The zero-order chi connectivity index (χ0) is 27.2. The number of rotatable bonds is 8. The fraction of sp³-hybridized carbons (Fsp3) is 0.290. The zero-order valence-electron chi connectivity index (χ0n) is 22.0. The molecule has 2 aliphatic heterocycles. The zero-order valence-corrected chi connectivity index (χ0v) is 22.0. The molecule has 0 spiro atoms. The first-order chi connectivity index (χ1) is 19.0. The molecule has 0 unspecified atom stereocenters. The van der Waals surface area contributed by atoms with Crippen LogP contribution in [0.1, 0.15) is 41.3 Å². The van der Waals surface area contributed by atoms with Crippen LogP contribution in [0.4, 0.5) is 11.4 Å². The van der Waals surface area contributed by atoms with Gasteiger partial charge in [0.25, 0.3) is 11.8 Å². The van der Waals surface area contributed by atoms with Gasteiger partial charge in [-0.1, -0.05) is 48.5 Å². The van der Waals surface area contributed by atoms with Crippen molar-refractivity contribution in [1.82, 2.24) is 10.2 Å². The molecular formula is C31H32N4O4. The van der Waals surface area contributed by atoms with E-state index in [-0.39, 0.29) is 23.7 Å². The van der Waals surface area contributed by atoms with Gasteiger partial charge in [-0.2, -0.15) is 0 Å². The van der Waals surface area contributed by atoms with Gasteiger partial charge >= 0.3 is 5.97 Å². The Balaban J connectivity index is 1.25. The summed E-state index contributed by atoms with van der Waals surface area (Å²) in [5, 5.41) is 2.92. The van der Waals surface area contributed by atoms with Crippen molar-refractivity contribution in [3.8, 4) is 0 Å². The topological polar surface area (TPSA) is 91.3 Å². The SMILES string of the molecule is CCOC(=O)C1CCN(CN2C(=O)C(=Nc3ccc(C(=O)NCc4ccccc4)cc3)c3ccccc32)CC1. The molecule has 3 aromatic rings. The third kappa shape index (κ3) is 6.07. The Morgan fingerprint density at radius 3 is 2.36 bits per heavy atom. The second-order valence-corrected chi connectivity index (χ2v) is 9.71. The second-order valence-electron chi connectivity index (χ2n) is 9.71. The van der Waals surface area contributed by atoms with Gasteiger partial charge in [0.05, 0.1) is 30.6 Å². The quantitative estimate of drug-likeness (QED) is 0.444. The minimum atomic E-state index is -0.168. The molecule has 0 bridgehead atoms. The molecule has 200 valence electrons. The summed E-state index contributed by atoms with van der Waals surface area (Å²) in [4.78, 5) is 46.8. The molecule has 3 aromatic carbocycles. The predicted octanol–water partition coefficient (Wildman–Crippen LogP) is 4.32. The number of nitrogens with one attached hydrogen (secondary N) is 1. The first-order valence-corrected chi connectivity index (χ1v) is 13.3. The van der Waals surface area contributed by atoms with Crippen molar-refractivity contribution < 1.29 is 19.1 Å². The van der Waals surface area contributed by atoms with Gasteiger partial charge in [-0.15, -0.1) is 0 Å². The van der Waals surface area contributed by atoms with Gasteiger partial charge in [-0.3, -0.25) is 24.2 Å². The molecule has 1 fully saturated rings. The first kappa shape index (κ1) is 26.3. The van der Waals surface area contributed by atoms with Crippen molar-refractivity contribution in [2.24, 2.45) is 10.9 Å². The number of likely N-dealkylation sites (tertiary alicyclic amines) is 1. The van der Waals surface area contributed by atoms with Gasteiger partial charge < -0.3 is 10.1 Å². The highest BCUT2D eigenvalue weighted by atomic mass is 16.5. The average molecular weight is 525 g/mol. The van der Waals surface area contributed by atoms with E-state index >= 15 is 0 Å². The van der Waals surface area contributed by atoms with E-state index in [2.05, 4.69) is 15.2 Å². The molecule has 0 atom stereocenters. The fourth-order valence-electron chi connectivity index (χ4n) is 4.98. The fourth-order valence-corrected chi connectivity index (χ4v) is 4.98. The molecule has 1 N–H and O–H groups in total. The maximum atomic E-state index is 13.5. The number of fused-ring (bicyclic) bond motifs is 1. The van der Waals surface area contributed by atoms with Crippen LogP contribution in [-0.2, 0) is 20.9 Å². The first-order valence-electron chi connectivity index (χ1n) is 13.3. The third-order valence-electron chi connectivity index (χ3n) is 7.11. The molecule has 0 aromatic heterocycles. The smallest absolute Gasteiger partial charge is 0.309 e. The number of anilines is 1. The van der Waals surface area contributed by atoms with Crippen molar-refractivity contribution in [2.45, 2.75) is 26.3 Å². The number of benzene rings is 3. The summed E-state index contributed by atoms with van der Waals surface area (Å²) in [5.74, 6) is -0.538. The molecule has 0 aliphatic carbocycles. The minimum Gasteiger partial charge on any atom is -0.466 e. The van der Waals surface area contributed by atoms with Crippen LogP contribution in [0, 0.1) is 5.92 Å². The number of carbonyl (C=O) groups is 3. The number of hydrogen-bond donors (Lipinski definition) is 1. The van der Waals surface area contributed by atoms with E-state index in [9.17, 15) is 14.4 Å². The summed E-state index contributed by atoms with van der Waals surface area (Å²) in [6.07, 6.45) is 1.43. The van der Waals surface area contributed by atoms with Crippen LogP contribution in [0.15, 0.2) is 83.9 Å². The maximum absolute atomic E-state index is 13.5. The normalized spacial score (nSPS) is 16.8. The molecular weight excluding hydrogens is 492 g/mol. The lowest BCUT2D eigenvalue weighted by Crippen LogP contribution is -2.45. The number of ether oxygens (including phenoxy) is 1. The highest BCUT2D eigenvalue weighted by Crippen LogP contribution is 2.32. The Morgan fingerprint density at radius 1 is 0.949 bits per heavy atom. The van der Waals surface area contributed by atoms with Crippen LogP contribution in [-0.4, -0.2) is 54.8 Å².